The fourth-order valence-electron chi connectivity index (χ4n) is 2.57. The van der Waals surface area contributed by atoms with Gasteiger partial charge in [-0.3, -0.25) is 4.79 Å². The first-order chi connectivity index (χ1) is 10.1. The van der Waals surface area contributed by atoms with Crippen molar-refractivity contribution >= 4 is 22.9 Å². The van der Waals surface area contributed by atoms with Gasteiger partial charge in [-0.05, 0) is 18.2 Å². The Hall–Kier alpha value is -2.48. The number of benzene rings is 1. The van der Waals surface area contributed by atoms with E-state index in [1.807, 2.05) is 0 Å². The van der Waals surface area contributed by atoms with Crippen LogP contribution in [0.5, 0.6) is 0 Å². The van der Waals surface area contributed by atoms with E-state index in [2.05, 4.69) is 15.4 Å². The minimum atomic E-state index is -1.02. The lowest BCUT2D eigenvalue weighted by Gasteiger charge is -2.21. The molecule has 2 atom stereocenters. The maximum Gasteiger partial charge on any atom is 0.326 e. The maximum atomic E-state index is 12.5. The van der Waals surface area contributed by atoms with E-state index in [0.29, 0.717) is 23.0 Å². The Morgan fingerprint density at radius 3 is 2.86 bits per heavy atom. The van der Waals surface area contributed by atoms with Crippen LogP contribution in [0.1, 0.15) is 16.8 Å². The molecule has 0 spiro atoms. The molecule has 21 heavy (non-hydrogen) atoms. The van der Waals surface area contributed by atoms with Crippen molar-refractivity contribution in [2.45, 2.75) is 18.6 Å². The van der Waals surface area contributed by atoms with Crippen molar-refractivity contribution in [2.24, 2.45) is 0 Å². The average Bonchev–Trinajstić information content (AvgIpc) is 3.11. The summed E-state index contributed by atoms with van der Waals surface area (Å²) in [6.07, 6.45) is 0.0369. The van der Waals surface area contributed by atoms with Crippen LogP contribution in [0.3, 0.4) is 0 Å². The van der Waals surface area contributed by atoms with Crippen molar-refractivity contribution in [2.75, 3.05) is 13.7 Å². The molecule has 1 aromatic carbocycles. The third-order valence-corrected chi connectivity index (χ3v) is 3.71. The molecule has 1 saturated heterocycles. The molecule has 2 unspecified atom stereocenters. The van der Waals surface area contributed by atoms with Gasteiger partial charge in [-0.15, -0.1) is 0 Å². The molecule has 1 aliphatic rings. The van der Waals surface area contributed by atoms with Crippen molar-refractivity contribution in [3.63, 3.8) is 0 Å². The Labute approximate surface area is 119 Å². The number of ether oxygens (including phenoxy) is 1. The van der Waals surface area contributed by atoms with Gasteiger partial charge in [0.25, 0.3) is 5.91 Å². The molecular weight excluding hydrogens is 276 g/mol. The van der Waals surface area contributed by atoms with Crippen molar-refractivity contribution in [3.8, 4) is 0 Å². The summed E-state index contributed by atoms with van der Waals surface area (Å²) < 4.78 is 5.18. The number of likely N-dealkylation sites (tertiary alicyclic amines) is 1. The van der Waals surface area contributed by atoms with E-state index in [1.165, 1.54) is 12.0 Å². The van der Waals surface area contributed by atoms with Crippen LogP contribution in [-0.2, 0) is 9.53 Å². The van der Waals surface area contributed by atoms with Gasteiger partial charge in [-0.1, -0.05) is 0 Å². The summed E-state index contributed by atoms with van der Waals surface area (Å²) >= 11 is 0. The number of nitrogens with one attached hydrogen (secondary N) is 1. The van der Waals surface area contributed by atoms with Gasteiger partial charge in [0.2, 0.25) is 0 Å². The van der Waals surface area contributed by atoms with Crippen LogP contribution in [0.4, 0.5) is 0 Å². The molecule has 2 heterocycles. The van der Waals surface area contributed by atoms with E-state index >= 15 is 0 Å². The molecule has 0 radical (unpaired) electrons. The number of amides is 1. The Kier molecular flexibility index (Phi) is 3.30. The number of carboxylic acid groups (broad SMARTS) is 1. The smallest absolute Gasteiger partial charge is 0.326 e. The number of methoxy groups -OCH3 is 1. The lowest BCUT2D eigenvalue weighted by atomic mass is 10.1. The Morgan fingerprint density at radius 1 is 1.38 bits per heavy atom. The van der Waals surface area contributed by atoms with Crippen molar-refractivity contribution in [1.29, 1.82) is 0 Å². The minimum absolute atomic E-state index is 0.258. The Morgan fingerprint density at radius 2 is 2.14 bits per heavy atom. The minimum Gasteiger partial charge on any atom is -0.480 e. The highest BCUT2D eigenvalue weighted by atomic mass is 16.5. The molecule has 1 fully saturated rings. The second kappa shape index (κ2) is 5.13. The summed E-state index contributed by atoms with van der Waals surface area (Å²) in [7, 11) is 1.51. The van der Waals surface area contributed by atoms with Crippen LogP contribution in [0.2, 0.25) is 0 Å². The van der Waals surface area contributed by atoms with E-state index in [-0.39, 0.29) is 18.6 Å². The molecule has 1 aromatic heterocycles. The number of carbonyl (C=O) groups is 2. The molecular formula is C13H14N4O4. The number of hydrogen-bond donors (Lipinski definition) is 2. The van der Waals surface area contributed by atoms with E-state index in [4.69, 9.17) is 4.74 Å². The number of aliphatic carboxylic acids is 1. The number of rotatable bonds is 3. The summed E-state index contributed by atoms with van der Waals surface area (Å²) in [5.74, 6) is -1.36. The number of nitrogens with zero attached hydrogens (tertiary/aromatic N) is 3. The van der Waals surface area contributed by atoms with Crippen LogP contribution < -0.4 is 0 Å². The molecule has 2 N–H and O–H groups in total. The summed E-state index contributed by atoms with van der Waals surface area (Å²) in [6, 6.07) is 4.02. The topological polar surface area (TPSA) is 108 Å². The molecule has 2 aromatic rings. The summed E-state index contributed by atoms with van der Waals surface area (Å²) in [5, 5.41) is 19.6. The van der Waals surface area contributed by atoms with E-state index in [1.54, 1.807) is 18.2 Å². The van der Waals surface area contributed by atoms with Crippen molar-refractivity contribution in [1.82, 2.24) is 20.3 Å². The van der Waals surface area contributed by atoms with Gasteiger partial charge >= 0.3 is 5.97 Å². The second-order valence-electron chi connectivity index (χ2n) is 4.93. The van der Waals surface area contributed by atoms with Crippen LogP contribution in [0.25, 0.3) is 11.0 Å². The van der Waals surface area contributed by atoms with Gasteiger partial charge in [0.15, 0.2) is 0 Å². The first-order valence-electron chi connectivity index (χ1n) is 6.47. The number of H-pyrrole nitrogens is 1. The molecule has 8 heteroatoms. The number of carboxylic acids is 1. The fourth-order valence-corrected chi connectivity index (χ4v) is 2.57. The fraction of sp³-hybridized carbons (Fsp3) is 0.385. The van der Waals surface area contributed by atoms with E-state index < -0.39 is 12.0 Å². The monoisotopic (exact) mass is 290 g/mol. The average molecular weight is 290 g/mol. The number of carbonyl (C=O) groups excluding carboxylic acids is 1. The highest BCUT2D eigenvalue weighted by molar-refractivity contribution is 5.99. The molecule has 1 aliphatic heterocycles. The molecule has 8 nitrogen and oxygen atoms in total. The summed E-state index contributed by atoms with van der Waals surface area (Å²) in [5.41, 5.74) is 1.60. The van der Waals surface area contributed by atoms with Gasteiger partial charge in [0.1, 0.15) is 17.1 Å². The normalized spacial score (nSPS) is 21.9. The third kappa shape index (κ3) is 2.33. The van der Waals surface area contributed by atoms with Crippen LogP contribution in [0, 0.1) is 0 Å². The van der Waals surface area contributed by atoms with Crippen molar-refractivity contribution < 1.29 is 19.4 Å². The zero-order valence-electron chi connectivity index (χ0n) is 11.3. The second-order valence-corrected chi connectivity index (χ2v) is 4.93. The van der Waals surface area contributed by atoms with Gasteiger partial charge in [0, 0.05) is 25.6 Å². The number of aromatic amines is 1. The predicted molar refractivity (Wildman–Crippen MR) is 71.8 cm³/mol. The molecule has 110 valence electrons. The largest absolute Gasteiger partial charge is 0.480 e. The molecule has 1 amide bonds. The summed E-state index contributed by atoms with van der Waals surface area (Å²) in [6.45, 7) is 0.267. The number of aromatic nitrogens is 3. The van der Waals surface area contributed by atoms with Crippen LogP contribution in [-0.4, -0.2) is 63.1 Å². The van der Waals surface area contributed by atoms with Crippen LogP contribution >= 0.6 is 0 Å². The van der Waals surface area contributed by atoms with Gasteiger partial charge in [-0.2, -0.15) is 15.4 Å². The van der Waals surface area contributed by atoms with Gasteiger partial charge in [-0.25, -0.2) is 4.79 Å². The summed E-state index contributed by atoms with van der Waals surface area (Å²) in [4.78, 5) is 25.2. The van der Waals surface area contributed by atoms with E-state index in [0.717, 1.165) is 0 Å². The third-order valence-electron chi connectivity index (χ3n) is 3.71. The quantitative estimate of drug-likeness (QED) is 0.840. The molecule has 0 aliphatic carbocycles. The molecule has 3 rings (SSSR count). The van der Waals surface area contributed by atoms with Crippen LogP contribution in [0.15, 0.2) is 18.2 Å². The first-order valence-corrected chi connectivity index (χ1v) is 6.47. The molecule has 0 bridgehead atoms. The van der Waals surface area contributed by atoms with Gasteiger partial charge in [0.05, 0.1) is 6.10 Å². The van der Waals surface area contributed by atoms with E-state index in [9.17, 15) is 14.7 Å². The standard InChI is InChI=1S/C13H14N4O4/c1-21-8-5-11(13(19)20)17(6-8)12(18)7-2-3-9-10(4-7)15-16-14-9/h2-4,8,11H,5-6H2,1H3,(H,19,20)(H,14,15,16). The lowest BCUT2D eigenvalue weighted by Crippen LogP contribution is -2.40. The van der Waals surface area contributed by atoms with Gasteiger partial charge < -0.3 is 14.7 Å². The first kappa shape index (κ1) is 13.5. The zero-order valence-corrected chi connectivity index (χ0v) is 11.3. The number of hydrogen-bond acceptors (Lipinski definition) is 5. The highest BCUT2D eigenvalue weighted by Gasteiger charge is 2.40. The number of fused-ring (bicyclic) bond motifs is 1. The Bertz CT molecular complexity index is 698. The lowest BCUT2D eigenvalue weighted by molar-refractivity contribution is -0.141. The SMILES string of the molecule is COC1CC(C(=O)O)N(C(=O)c2ccc3n[nH]nc3c2)C1. The Balaban J connectivity index is 1.90. The molecule has 0 saturated carbocycles. The predicted octanol–water partition coefficient (Wildman–Crippen LogP) is 0.272. The highest BCUT2D eigenvalue weighted by Crippen LogP contribution is 2.23. The zero-order chi connectivity index (χ0) is 15.0. The van der Waals surface area contributed by atoms with Crippen molar-refractivity contribution in [3.05, 3.63) is 23.8 Å². The maximum absolute atomic E-state index is 12.5.